The molecular weight excluding hydrogens is 304 g/mol. The van der Waals surface area contributed by atoms with E-state index in [1.54, 1.807) is 0 Å². The summed E-state index contributed by atoms with van der Waals surface area (Å²) >= 11 is 0. The lowest BCUT2D eigenvalue weighted by Crippen LogP contribution is -2.42. The average Bonchev–Trinajstić information content (AvgIpc) is 2.63. The van der Waals surface area contributed by atoms with Crippen LogP contribution >= 0.6 is 0 Å². The lowest BCUT2D eigenvalue weighted by atomic mass is 9.97. The number of rotatable bonds is 8. The summed E-state index contributed by atoms with van der Waals surface area (Å²) in [6, 6.07) is 11.3. The molecule has 132 valence electrons. The molecular formula is C19H28N2O3. The van der Waals surface area contributed by atoms with E-state index >= 15 is 0 Å². The molecule has 0 aliphatic carbocycles. The topological polar surface area (TPSA) is 74.5 Å². The van der Waals surface area contributed by atoms with Gasteiger partial charge in [0.15, 0.2) is 6.29 Å². The van der Waals surface area contributed by atoms with Crippen LogP contribution < -0.4 is 5.32 Å². The van der Waals surface area contributed by atoms with Crippen LogP contribution in [0.15, 0.2) is 30.3 Å². The van der Waals surface area contributed by atoms with Crippen molar-refractivity contribution in [1.82, 2.24) is 5.32 Å². The van der Waals surface area contributed by atoms with Crippen molar-refractivity contribution in [3.05, 3.63) is 35.9 Å². The monoisotopic (exact) mass is 332 g/mol. The first kappa shape index (κ1) is 18.9. The van der Waals surface area contributed by atoms with Crippen LogP contribution in [0.2, 0.25) is 0 Å². The summed E-state index contributed by atoms with van der Waals surface area (Å²) in [5, 5.41) is 22.8. The van der Waals surface area contributed by atoms with Crippen LogP contribution in [0.1, 0.15) is 44.8 Å². The van der Waals surface area contributed by atoms with Crippen molar-refractivity contribution in [3.63, 3.8) is 0 Å². The van der Waals surface area contributed by atoms with Gasteiger partial charge in [-0.3, -0.25) is 5.32 Å². The van der Waals surface area contributed by atoms with Crippen LogP contribution in [0.4, 0.5) is 0 Å². The molecule has 0 radical (unpaired) electrons. The van der Waals surface area contributed by atoms with Crippen LogP contribution in [-0.2, 0) is 9.47 Å². The van der Waals surface area contributed by atoms with E-state index in [0.29, 0.717) is 6.54 Å². The highest BCUT2D eigenvalue weighted by Gasteiger charge is 2.27. The summed E-state index contributed by atoms with van der Waals surface area (Å²) in [5.41, 5.74) is 0.842. The second-order valence-corrected chi connectivity index (χ2v) is 6.44. The van der Waals surface area contributed by atoms with Gasteiger partial charge in [0.2, 0.25) is 0 Å². The Morgan fingerprint density at radius 2 is 2.08 bits per heavy atom. The second-order valence-electron chi connectivity index (χ2n) is 6.44. The molecule has 0 bridgehead atoms. The first-order valence-electron chi connectivity index (χ1n) is 8.75. The normalized spacial score (nSPS) is 23.0. The van der Waals surface area contributed by atoms with Crippen molar-refractivity contribution in [2.24, 2.45) is 5.92 Å². The Morgan fingerprint density at radius 1 is 1.33 bits per heavy atom. The zero-order chi connectivity index (χ0) is 17.4. The number of nitrogens with zero attached hydrogens (tertiary/aromatic N) is 1. The van der Waals surface area contributed by atoms with Gasteiger partial charge in [0.05, 0.1) is 18.3 Å². The van der Waals surface area contributed by atoms with E-state index in [-0.39, 0.29) is 24.4 Å². The number of ether oxygens (including phenoxy) is 2. The number of aliphatic hydroxyl groups excluding tert-OH is 1. The molecule has 1 saturated heterocycles. The highest BCUT2D eigenvalue weighted by atomic mass is 16.7. The van der Waals surface area contributed by atoms with Gasteiger partial charge in [0.1, 0.15) is 6.04 Å². The maximum Gasteiger partial charge on any atom is 0.157 e. The van der Waals surface area contributed by atoms with Gasteiger partial charge in [-0.25, -0.2) is 0 Å². The fourth-order valence-corrected chi connectivity index (χ4v) is 2.83. The number of hydrogen-bond donors (Lipinski definition) is 2. The second kappa shape index (κ2) is 9.75. The summed E-state index contributed by atoms with van der Waals surface area (Å²) in [4.78, 5) is 0. The van der Waals surface area contributed by atoms with Crippen molar-refractivity contribution in [1.29, 1.82) is 5.26 Å². The molecule has 5 heteroatoms. The first-order valence-corrected chi connectivity index (χ1v) is 8.75. The minimum Gasteiger partial charge on any atom is -0.387 e. The third-order valence-electron chi connectivity index (χ3n) is 4.63. The van der Waals surface area contributed by atoms with E-state index in [1.807, 2.05) is 44.2 Å². The molecule has 1 aromatic rings. The average molecular weight is 332 g/mol. The molecule has 2 unspecified atom stereocenters. The summed E-state index contributed by atoms with van der Waals surface area (Å²) in [6.45, 7) is 5.04. The molecule has 1 fully saturated rings. The van der Waals surface area contributed by atoms with Gasteiger partial charge >= 0.3 is 0 Å². The van der Waals surface area contributed by atoms with Gasteiger partial charge in [-0.1, -0.05) is 37.3 Å². The molecule has 24 heavy (non-hydrogen) atoms. The van der Waals surface area contributed by atoms with Gasteiger partial charge < -0.3 is 14.6 Å². The maximum atomic E-state index is 10.2. The Labute approximate surface area is 144 Å². The zero-order valence-electron chi connectivity index (χ0n) is 14.5. The highest BCUT2D eigenvalue weighted by Crippen LogP contribution is 2.20. The number of nitriles is 1. The summed E-state index contributed by atoms with van der Waals surface area (Å²) < 4.78 is 11.6. The van der Waals surface area contributed by atoms with Gasteiger partial charge in [-0.05, 0) is 31.7 Å². The molecule has 0 saturated carbocycles. The molecule has 5 atom stereocenters. The predicted molar refractivity (Wildman–Crippen MR) is 92.1 cm³/mol. The van der Waals surface area contributed by atoms with E-state index in [9.17, 15) is 10.4 Å². The van der Waals surface area contributed by atoms with Gasteiger partial charge in [0.25, 0.3) is 0 Å². The van der Waals surface area contributed by atoms with Crippen molar-refractivity contribution >= 4 is 0 Å². The van der Waals surface area contributed by atoms with Crippen molar-refractivity contribution < 1.29 is 14.6 Å². The van der Waals surface area contributed by atoms with Crippen LogP contribution in [0.3, 0.4) is 0 Å². The molecule has 2 N–H and O–H groups in total. The molecule has 2 rings (SSSR count). The van der Waals surface area contributed by atoms with E-state index < -0.39 is 6.10 Å². The molecule has 1 heterocycles. The Morgan fingerprint density at radius 3 is 2.71 bits per heavy atom. The molecule has 0 spiro atoms. The van der Waals surface area contributed by atoms with Crippen LogP contribution in [0.5, 0.6) is 0 Å². The number of aliphatic hydroxyl groups is 1. The minimum absolute atomic E-state index is 0.0106. The lowest BCUT2D eigenvalue weighted by molar-refractivity contribution is -0.194. The van der Waals surface area contributed by atoms with Gasteiger partial charge in [-0.15, -0.1) is 0 Å². The molecule has 1 aromatic carbocycles. The number of benzene rings is 1. The summed E-state index contributed by atoms with van der Waals surface area (Å²) in [6.07, 6.45) is 2.23. The minimum atomic E-state index is -0.632. The SMILES string of the molecule is C[C@H](OC1CCCCO1)[C@H](C)C(C#N)NC[C@H](O)c1ccccc1. The first-order chi connectivity index (χ1) is 11.6. The third kappa shape index (κ3) is 5.57. The number of nitrogens with one attached hydrogen (secondary N) is 1. The molecule has 1 aliphatic rings. The van der Waals surface area contributed by atoms with Crippen LogP contribution in [-0.4, -0.2) is 36.7 Å². The van der Waals surface area contributed by atoms with Gasteiger partial charge in [0, 0.05) is 19.1 Å². The molecule has 1 aliphatic heterocycles. The third-order valence-corrected chi connectivity index (χ3v) is 4.63. The largest absolute Gasteiger partial charge is 0.387 e. The standard InChI is InChI=1S/C19H28N2O3/c1-14(15(2)24-19-10-6-7-11-23-19)17(12-20)21-13-18(22)16-8-4-3-5-9-16/h3-5,8-9,14-15,17-19,21-22H,6-7,10-11,13H2,1-2H3/t14-,15-,17?,18-,19?/m0/s1. The Balaban J connectivity index is 1.82. The lowest BCUT2D eigenvalue weighted by Gasteiger charge is -2.31. The Kier molecular flexibility index (Phi) is 7.67. The smallest absolute Gasteiger partial charge is 0.157 e. The zero-order valence-corrected chi connectivity index (χ0v) is 14.5. The van der Waals surface area contributed by atoms with Crippen molar-refractivity contribution in [2.75, 3.05) is 13.2 Å². The Hall–Kier alpha value is -1.45. The Bertz CT molecular complexity index is 511. The summed E-state index contributed by atoms with van der Waals surface area (Å²) in [5.74, 6) is -0.0106. The number of hydrogen-bond acceptors (Lipinski definition) is 5. The highest BCUT2D eigenvalue weighted by molar-refractivity contribution is 5.17. The van der Waals surface area contributed by atoms with E-state index in [4.69, 9.17) is 9.47 Å². The van der Waals surface area contributed by atoms with Gasteiger partial charge in [-0.2, -0.15) is 5.26 Å². The molecule has 5 nitrogen and oxygen atoms in total. The quantitative estimate of drug-likeness (QED) is 0.766. The van der Waals surface area contributed by atoms with E-state index in [1.165, 1.54) is 0 Å². The van der Waals surface area contributed by atoms with Crippen molar-refractivity contribution in [3.8, 4) is 6.07 Å². The van der Waals surface area contributed by atoms with E-state index in [2.05, 4.69) is 11.4 Å². The summed E-state index contributed by atoms with van der Waals surface area (Å²) in [7, 11) is 0. The fraction of sp³-hybridized carbons (Fsp3) is 0.632. The molecule has 0 amide bonds. The van der Waals surface area contributed by atoms with Crippen molar-refractivity contribution in [2.45, 2.75) is 57.6 Å². The maximum absolute atomic E-state index is 10.2. The fourth-order valence-electron chi connectivity index (χ4n) is 2.83. The van der Waals surface area contributed by atoms with Crippen LogP contribution in [0.25, 0.3) is 0 Å². The van der Waals surface area contributed by atoms with Crippen LogP contribution in [0, 0.1) is 17.2 Å². The van der Waals surface area contributed by atoms with E-state index in [0.717, 1.165) is 31.4 Å². The molecule has 0 aromatic heterocycles. The predicted octanol–water partition coefficient (Wildman–Crippen LogP) is 2.77.